The highest BCUT2D eigenvalue weighted by Crippen LogP contribution is 2.38. The van der Waals surface area contributed by atoms with Crippen molar-refractivity contribution >= 4 is 62.6 Å². The first-order valence-corrected chi connectivity index (χ1v) is 24.8. The van der Waals surface area contributed by atoms with E-state index < -0.39 is 5.41 Å². The minimum Gasteiger partial charge on any atom is -0.537 e. The summed E-state index contributed by atoms with van der Waals surface area (Å²) in [7, 11) is 8.74. The Morgan fingerprint density at radius 3 is 1.29 bits per heavy atom. The number of benzene rings is 9. The number of carbonyl (C=O) groups is 2. The quantitative estimate of drug-likeness (QED) is 0.0768. The molecule has 9 aromatic rings. The molecule has 9 rings (SSSR count). The van der Waals surface area contributed by atoms with Crippen LogP contribution in [0.3, 0.4) is 0 Å². The number of carbonyl (C=O) groups excluding carboxylic acids is 2. The van der Waals surface area contributed by atoms with Crippen LogP contribution in [0.15, 0.2) is 164 Å². The summed E-state index contributed by atoms with van der Waals surface area (Å²) in [4.78, 5) is 37.8. The van der Waals surface area contributed by atoms with Crippen molar-refractivity contribution in [3.63, 3.8) is 0 Å². The van der Waals surface area contributed by atoms with Gasteiger partial charge in [0.1, 0.15) is 5.75 Å². The molecule has 0 fully saturated rings. The predicted molar refractivity (Wildman–Crippen MR) is 296 cm³/mol. The van der Waals surface area contributed by atoms with Crippen molar-refractivity contribution in [2.45, 2.75) is 72.4 Å². The van der Waals surface area contributed by atoms with E-state index >= 15 is 0 Å². The van der Waals surface area contributed by atoms with Crippen LogP contribution in [0, 0.1) is 6.92 Å². The first kappa shape index (κ1) is 49.7. The second-order valence-corrected chi connectivity index (χ2v) is 20.6. The highest BCUT2D eigenvalue weighted by molar-refractivity contribution is 6.17. The number of nitrogens with zero attached hydrogens (tertiary/aromatic N) is 4. The molecule has 2 amide bonds. The Morgan fingerprint density at radius 1 is 0.472 bits per heavy atom. The second kappa shape index (κ2) is 21.2. The van der Waals surface area contributed by atoms with Crippen molar-refractivity contribution in [3.8, 4) is 5.75 Å². The fourth-order valence-electron chi connectivity index (χ4n) is 10.7. The summed E-state index contributed by atoms with van der Waals surface area (Å²) in [5.41, 5.74) is 9.84. The van der Waals surface area contributed by atoms with Crippen molar-refractivity contribution in [1.29, 1.82) is 0 Å². The molecule has 9 aromatic carbocycles. The topological polar surface area (TPSA) is 76.6 Å². The molecule has 0 aromatic heterocycles. The summed E-state index contributed by atoms with van der Waals surface area (Å²) in [6, 6.07) is 56.2. The number of fused-ring (bicyclic) bond motifs is 4. The average molecular weight is 952 g/mol. The molecule has 8 nitrogen and oxygen atoms in total. The third kappa shape index (κ3) is 10.5. The molecule has 0 unspecified atom stereocenters. The van der Waals surface area contributed by atoms with E-state index in [9.17, 15) is 14.6 Å². The van der Waals surface area contributed by atoms with Crippen molar-refractivity contribution in [2.24, 2.45) is 0 Å². The Balaban J connectivity index is 0.979. The molecule has 0 spiro atoms. The lowest BCUT2D eigenvalue weighted by Crippen LogP contribution is -2.31. The average Bonchev–Trinajstić information content (AvgIpc) is 3.37. The fourth-order valence-corrected chi connectivity index (χ4v) is 10.7. The van der Waals surface area contributed by atoms with E-state index in [0.29, 0.717) is 50.7 Å². The SMILES string of the molecule is Cc1cccc(CN(C)Cc2c3ccccc3c(CN(C)C(=O)c3ccc(C(=O)N(C)Cc4c5ccccc5c(CN(C)Cc5cccc(O[B]O)c5)c5ccccc45)cc3C(C)(C)C)c3ccccc23)c1. The normalized spacial score (nSPS) is 11.8. The van der Waals surface area contributed by atoms with Crippen LogP contribution < -0.4 is 4.65 Å². The van der Waals surface area contributed by atoms with Crippen LogP contribution in [0.25, 0.3) is 43.1 Å². The largest absolute Gasteiger partial charge is 0.569 e. The van der Waals surface area contributed by atoms with Gasteiger partial charge in [-0.1, -0.05) is 160 Å². The molecular weight excluding hydrogens is 888 g/mol. The van der Waals surface area contributed by atoms with Crippen molar-refractivity contribution in [2.75, 3.05) is 28.2 Å². The molecule has 0 aliphatic rings. The molecule has 0 saturated heterocycles. The minimum atomic E-state index is -0.434. The van der Waals surface area contributed by atoms with Gasteiger partial charge in [-0.15, -0.1) is 0 Å². The number of hydrogen-bond donors (Lipinski definition) is 1. The Kier molecular flexibility index (Phi) is 14.6. The van der Waals surface area contributed by atoms with E-state index in [-0.39, 0.29) is 11.8 Å². The van der Waals surface area contributed by atoms with Crippen molar-refractivity contribution < 1.29 is 19.3 Å². The van der Waals surface area contributed by atoms with Crippen LogP contribution in [0.5, 0.6) is 5.75 Å². The Bertz CT molecular complexity index is 3360. The third-order valence-electron chi connectivity index (χ3n) is 14.0. The van der Waals surface area contributed by atoms with Gasteiger partial charge >= 0.3 is 7.69 Å². The maximum absolute atomic E-state index is 14.8. The predicted octanol–water partition coefficient (Wildman–Crippen LogP) is 12.6. The molecule has 0 heterocycles. The molecule has 0 aliphatic heterocycles. The summed E-state index contributed by atoms with van der Waals surface area (Å²) in [6.07, 6.45) is 0. The van der Waals surface area contributed by atoms with E-state index in [1.54, 1.807) is 4.90 Å². The van der Waals surface area contributed by atoms with E-state index in [0.717, 1.165) is 67.7 Å². The lowest BCUT2D eigenvalue weighted by molar-refractivity contribution is 0.0772. The summed E-state index contributed by atoms with van der Waals surface area (Å²) in [5.74, 6) is 0.380. The first-order valence-electron chi connectivity index (χ1n) is 24.8. The molecule has 72 heavy (non-hydrogen) atoms. The smallest absolute Gasteiger partial charge is 0.537 e. The van der Waals surface area contributed by atoms with Gasteiger partial charge in [-0.2, -0.15) is 0 Å². The number of rotatable bonds is 16. The van der Waals surface area contributed by atoms with Crippen LogP contribution in [-0.4, -0.2) is 72.3 Å². The van der Waals surface area contributed by atoms with Gasteiger partial charge in [0.25, 0.3) is 11.8 Å². The fraction of sp³-hybridized carbons (Fsp3) is 0.238. The van der Waals surface area contributed by atoms with Crippen LogP contribution in [-0.2, 0) is 44.7 Å². The van der Waals surface area contributed by atoms with Gasteiger partial charge in [-0.3, -0.25) is 19.4 Å². The summed E-state index contributed by atoms with van der Waals surface area (Å²) >= 11 is 0. The van der Waals surface area contributed by atoms with Crippen molar-refractivity contribution in [3.05, 3.63) is 219 Å². The van der Waals surface area contributed by atoms with E-state index in [1.165, 1.54) is 33.0 Å². The van der Waals surface area contributed by atoms with E-state index in [4.69, 9.17) is 4.65 Å². The molecule has 0 bridgehead atoms. The van der Waals surface area contributed by atoms with Crippen LogP contribution in [0.2, 0.25) is 0 Å². The van der Waals surface area contributed by atoms with E-state index in [1.807, 2.05) is 55.4 Å². The van der Waals surface area contributed by atoms with Gasteiger partial charge in [-0.25, -0.2) is 0 Å². The molecular formula is C63H64BN4O4. The first-order chi connectivity index (χ1) is 34.7. The highest BCUT2D eigenvalue weighted by Gasteiger charge is 2.28. The monoisotopic (exact) mass is 952 g/mol. The summed E-state index contributed by atoms with van der Waals surface area (Å²) in [5, 5.41) is 18.3. The Morgan fingerprint density at radius 2 is 0.875 bits per heavy atom. The molecule has 0 atom stereocenters. The molecule has 1 radical (unpaired) electrons. The van der Waals surface area contributed by atoms with Crippen LogP contribution in [0.4, 0.5) is 0 Å². The highest BCUT2D eigenvalue weighted by atomic mass is 16.5. The maximum atomic E-state index is 14.8. The maximum Gasteiger partial charge on any atom is 0.569 e. The molecule has 363 valence electrons. The van der Waals surface area contributed by atoms with Gasteiger partial charge in [0.15, 0.2) is 0 Å². The zero-order valence-corrected chi connectivity index (χ0v) is 42.9. The number of amides is 2. The summed E-state index contributed by atoms with van der Waals surface area (Å²) in [6.45, 7) is 12.2. The lowest BCUT2D eigenvalue weighted by atomic mass is 9.82. The lowest BCUT2D eigenvalue weighted by Gasteiger charge is -2.28. The summed E-state index contributed by atoms with van der Waals surface area (Å²) < 4.78 is 5.23. The van der Waals surface area contributed by atoms with Gasteiger partial charge in [0.05, 0.1) is 0 Å². The Labute approximate surface area is 425 Å². The van der Waals surface area contributed by atoms with Gasteiger partial charge in [0, 0.05) is 64.5 Å². The van der Waals surface area contributed by atoms with Gasteiger partial charge in [-0.05, 0) is 139 Å². The number of aryl methyl sites for hydroxylation is 1. The Hall–Kier alpha value is -7.30. The van der Waals surface area contributed by atoms with Gasteiger partial charge < -0.3 is 19.5 Å². The third-order valence-corrected chi connectivity index (χ3v) is 14.0. The van der Waals surface area contributed by atoms with Gasteiger partial charge in [0.2, 0.25) is 0 Å². The number of hydrogen-bond acceptors (Lipinski definition) is 6. The van der Waals surface area contributed by atoms with E-state index in [2.05, 4.69) is 179 Å². The van der Waals surface area contributed by atoms with Crippen LogP contribution in [0.1, 0.15) is 86.0 Å². The molecule has 0 aliphatic carbocycles. The van der Waals surface area contributed by atoms with Crippen LogP contribution >= 0.6 is 0 Å². The minimum absolute atomic E-state index is 0.0889. The molecule has 1 N–H and O–H groups in total. The molecule has 9 heteroatoms. The zero-order valence-electron chi connectivity index (χ0n) is 42.9. The zero-order chi connectivity index (χ0) is 50.7. The molecule has 0 saturated carbocycles. The standard InChI is InChI=1S/C63H64BN4O4/c1-42-19-17-20-43(33-42)36-65(5)38-56-49-25-11-15-29-53(49)59(54-30-16-12-26-50(54)56)41-68(8)62(70)55-32-31-45(35-60(55)63(2,3)4)61(69)67(7)40-58-51-27-13-9-23-47(51)57(48-24-10-14-28-52(48)58)39-66(6)37-44-21-18-22-46(34-44)72-64-71/h9-35,71H,36-41H2,1-8H3. The van der Waals surface area contributed by atoms with Crippen molar-refractivity contribution in [1.82, 2.24) is 19.6 Å². The second-order valence-electron chi connectivity index (χ2n) is 20.6.